The molecule has 0 saturated carbocycles. The van der Waals surface area contributed by atoms with E-state index >= 15 is 0 Å². The number of Topliss-reactive ketones (excluding diaryl/α,β-unsaturated/α-hetero) is 1. The van der Waals surface area contributed by atoms with Gasteiger partial charge in [0.05, 0.1) is 6.04 Å². The third-order valence-electron chi connectivity index (χ3n) is 4.90. The molecular formula is C19H33NO4Si. The molecule has 6 heteroatoms. The average molecular weight is 368 g/mol. The first-order chi connectivity index (χ1) is 11.7. The number of carbonyl (C=O) groups excluding carboxylic acids is 2. The van der Waals surface area contributed by atoms with Gasteiger partial charge in [-0.2, -0.15) is 0 Å². The van der Waals surface area contributed by atoms with Crippen molar-refractivity contribution in [3.05, 3.63) is 0 Å². The molecule has 0 radical (unpaired) electrons. The molecule has 0 aromatic carbocycles. The van der Waals surface area contributed by atoms with E-state index in [-0.39, 0.29) is 24.9 Å². The third kappa shape index (κ3) is 6.16. The molecule has 1 atom stereocenters. The fourth-order valence-corrected chi connectivity index (χ4v) is 9.38. The van der Waals surface area contributed by atoms with Crippen LogP contribution in [0.4, 0.5) is 4.79 Å². The summed E-state index contributed by atoms with van der Waals surface area (Å²) in [5.74, 6) is 5.42. The van der Waals surface area contributed by atoms with Gasteiger partial charge in [-0.05, 0) is 29.0 Å². The fourth-order valence-electron chi connectivity index (χ4n) is 3.88. The Balaban J connectivity index is 2.37. The van der Waals surface area contributed by atoms with E-state index in [4.69, 9.17) is 9.16 Å². The topological polar surface area (TPSA) is 64.6 Å². The van der Waals surface area contributed by atoms with E-state index in [2.05, 4.69) is 58.7 Å². The smallest absolute Gasteiger partial charge is 0.407 e. The lowest BCUT2D eigenvalue weighted by atomic mass is 10.1. The third-order valence-corrected chi connectivity index (χ3v) is 11.0. The molecule has 1 heterocycles. The zero-order valence-electron chi connectivity index (χ0n) is 16.5. The zero-order valence-corrected chi connectivity index (χ0v) is 17.5. The van der Waals surface area contributed by atoms with Crippen LogP contribution in [0, 0.1) is 11.8 Å². The Labute approximate surface area is 153 Å². The van der Waals surface area contributed by atoms with Gasteiger partial charge in [-0.3, -0.25) is 4.79 Å². The van der Waals surface area contributed by atoms with Gasteiger partial charge >= 0.3 is 6.09 Å². The van der Waals surface area contributed by atoms with Crippen LogP contribution in [0.15, 0.2) is 0 Å². The minimum Gasteiger partial charge on any atom is -0.447 e. The predicted molar refractivity (Wildman–Crippen MR) is 102 cm³/mol. The lowest BCUT2D eigenvalue weighted by Crippen LogP contribution is -2.47. The highest BCUT2D eigenvalue weighted by Gasteiger charge is 2.44. The van der Waals surface area contributed by atoms with E-state index in [0.29, 0.717) is 29.7 Å². The molecular weight excluding hydrogens is 334 g/mol. The maximum atomic E-state index is 11.8. The number of unbranched alkanes of at least 4 members (excludes halogenated alkanes) is 1. The van der Waals surface area contributed by atoms with Crippen molar-refractivity contribution in [1.29, 1.82) is 0 Å². The lowest BCUT2D eigenvalue weighted by molar-refractivity contribution is -0.114. The molecule has 25 heavy (non-hydrogen) atoms. The van der Waals surface area contributed by atoms with Gasteiger partial charge in [0, 0.05) is 19.4 Å². The molecule has 0 aromatic rings. The highest BCUT2D eigenvalue weighted by atomic mass is 28.4. The van der Waals surface area contributed by atoms with Crippen molar-refractivity contribution in [3.63, 3.8) is 0 Å². The lowest BCUT2D eigenvalue weighted by Gasteiger charge is -2.42. The van der Waals surface area contributed by atoms with Crippen molar-refractivity contribution in [1.82, 2.24) is 5.32 Å². The Bertz CT molecular complexity index is 497. The van der Waals surface area contributed by atoms with Gasteiger partial charge in [-0.15, -0.1) is 0 Å². The average Bonchev–Trinajstić information content (AvgIpc) is 2.90. The SMILES string of the molecule is CC(C)[Si](OCCCC#CC(=O)C[C@@H]1COC(=O)N1)(C(C)C)C(C)C. The van der Waals surface area contributed by atoms with Crippen LogP contribution in [0.2, 0.25) is 16.6 Å². The molecule has 1 rings (SSSR count). The van der Waals surface area contributed by atoms with Crippen molar-refractivity contribution in [2.45, 2.75) is 83.5 Å². The number of ketones is 1. The first-order valence-corrected chi connectivity index (χ1v) is 11.4. The summed E-state index contributed by atoms with van der Waals surface area (Å²) in [4.78, 5) is 22.7. The highest BCUT2D eigenvalue weighted by molar-refractivity contribution is 6.77. The van der Waals surface area contributed by atoms with Gasteiger partial charge in [0.25, 0.3) is 0 Å². The molecule has 0 spiro atoms. The predicted octanol–water partition coefficient (Wildman–Crippen LogP) is 4.03. The quantitative estimate of drug-likeness (QED) is 0.289. The molecule has 1 saturated heterocycles. The second-order valence-corrected chi connectivity index (χ2v) is 13.1. The van der Waals surface area contributed by atoms with E-state index in [9.17, 15) is 9.59 Å². The van der Waals surface area contributed by atoms with Gasteiger partial charge in [0.2, 0.25) is 5.78 Å². The van der Waals surface area contributed by atoms with Crippen LogP contribution in [0.1, 0.15) is 60.8 Å². The molecule has 1 N–H and O–H groups in total. The monoisotopic (exact) mass is 367 g/mol. The van der Waals surface area contributed by atoms with Crippen molar-refractivity contribution < 1.29 is 18.8 Å². The van der Waals surface area contributed by atoms with E-state index in [1.807, 2.05) is 0 Å². The van der Waals surface area contributed by atoms with Crippen molar-refractivity contribution in [2.24, 2.45) is 0 Å². The number of amides is 1. The summed E-state index contributed by atoms with van der Waals surface area (Å²) in [5.41, 5.74) is 1.72. The molecule has 5 nitrogen and oxygen atoms in total. The summed E-state index contributed by atoms with van der Waals surface area (Å²) >= 11 is 0. The van der Waals surface area contributed by atoms with E-state index in [1.165, 1.54) is 0 Å². The maximum absolute atomic E-state index is 11.8. The van der Waals surface area contributed by atoms with Gasteiger partial charge in [-0.25, -0.2) is 4.79 Å². The number of alkyl carbamates (subject to hydrolysis) is 1. The summed E-state index contributed by atoms with van der Waals surface area (Å²) in [7, 11) is -1.81. The second-order valence-electron chi connectivity index (χ2n) is 7.64. The van der Waals surface area contributed by atoms with Crippen LogP contribution in [-0.4, -0.2) is 39.4 Å². The first kappa shape index (κ1) is 21.7. The van der Waals surface area contributed by atoms with Gasteiger partial charge < -0.3 is 14.5 Å². The number of hydrogen-bond acceptors (Lipinski definition) is 4. The Morgan fingerprint density at radius 3 is 2.32 bits per heavy atom. The first-order valence-electron chi connectivity index (χ1n) is 9.29. The van der Waals surface area contributed by atoms with Crippen LogP contribution in [0.25, 0.3) is 0 Å². The zero-order chi connectivity index (χ0) is 19.0. The van der Waals surface area contributed by atoms with Gasteiger partial charge in [0.15, 0.2) is 8.32 Å². The van der Waals surface area contributed by atoms with Crippen molar-refractivity contribution in [3.8, 4) is 11.8 Å². The standard InChI is InChI=1S/C19H33NO4Si/c1-14(2)25(15(3)4,16(5)6)24-11-9-7-8-10-18(21)12-17-13-23-19(22)20-17/h14-17H,7,9,11-13H2,1-6H3,(H,20,22)/t17-/m1/s1. The van der Waals surface area contributed by atoms with Crippen molar-refractivity contribution >= 4 is 20.2 Å². The number of ether oxygens (including phenoxy) is 1. The second kappa shape index (κ2) is 9.98. The number of carbonyl (C=O) groups is 2. The Morgan fingerprint density at radius 1 is 1.24 bits per heavy atom. The Morgan fingerprint density at radius 2 is 1.84 bits per heavy atom. The van der Waals surface area contributed by atoms with E-state index in [1.54, 1.807) is 0 Å². The molecule has 1 fully saturated rings. The number of rotatable bonds is 9. The normalized spacial score (nSPS) is 17.5. The van der Waals surface area contributed by atoms with Crippen molar-refractivity contribution in [2.75, 3.05) is 13.2 Å². The van der Waals surface area contributed by atoms with Crippen LogP contribution in [0.5, 0.6) is 0 Å². The summed E-state index contributed by atoms with van der Waals surface area (Å²) in [6.07, 6.45) is 1.23. The number of hydrogen-bond donors (Lipinski definition) is 1. The van der Waals surface area contributed by atoms with Crippen LogP contribution in [-0.2, 0) is 14.0 Å². The van der Waals surface area contributed by atoms with Crippen LogP contribution >= 0.6 is 0 Å². The Hall–Kier alpha value is -1.32. The molecule has 1 aliphatic heterocycles. The minimum atomic E-state index is -1.81. The summed E-state index contributed by atoms with van der Waals surface area (Å²) in [6.45, 7) is 14.6. The molecule has 1 amide bonds. The molecule has 142 valence electrons. The molecule has 1 aliphatic rings. The van der Waals surface area contributed by atoms with Gasteiger partial charge in [-0.1, -0.05) is 47.5 Å². The Kier molecular flexibility index (Phi) is 8.67. The molecule has 0 bridgehead atoms. The highest BCUT2D eigenvalue weighted by Crippen LogP contribution is 2.42. The summed E-state index contributed by atoms with van der Waals surface area (Å²) in [5, 5.41) is 2.58. The maximum Gasteiger partial charge on any atom is 0.407 e. The number of cyclic esters (lactones) is 1. The summed E-state index contributed by atoms with van der Waals surface area (Å²) in [6, 6.07) is -0.243. The summed E-state index contributed by atoms with van der Waals surface area (Å²) < 4.78 is 11.2. The molecule has 0 aromatic heterocycles. The van der Waals surface area contributed by atoms with Crippen LogP contribution < -0.4 is 5.32 Å². The molecule has 0 unspecified atom stereocenters. The molecule has 0 aliphatic carbocycles. The minimum absolute atomic E-state index is 0.160. The largest absolute Gasteiger partial charge is 0.447 e. The van der Waals surface area contributed by atoms with E-state index < -0.39 is 14.4 Å². The number of nitrogens with one attached hydrogen (secondary N) is 1. The van der Waals surface area contributed by atoms with Gasteiger partial charge in [0.1, 0.15) is 6.61 Å². The fraction of sp³-hybridized carbons (Fsp3) is 0.789. The van der Waals surface area contributed by atoms with E-state index in [0.717, 1.165) is 6.42 Å². The van der Waals surface area contributed by atoms with Crippen LogP contribution in [0.3, 0.4) is 0 Å².